The lowest BCUT2D eigenvalue weighted by Crippen LogP contribution is -2.38. The molecule has 156 valence electrons. The van der Waals surface area contributed by atoms with Crippen molar-refractivity contribution in [2.45, 2.75) is 13.0 Å². The van der Waals surface area contributed by atoms with Crippen molar-refractivity contribution < 1.29 is 19.1 Å². The van der Waals surface area contributed by atoms with Crippen LogP contribution in [-0.4, -0.2) is 42.6 Å². The number of rotatable bonds is 5. The summed E-state index contributed by atoms with van der Waals surface area (Å²) >= 11 is 2.78. The topological polar surface area (TPSA) is 92.8 Å². The molecule has 0 fully saturated rings. The summed E-state index contributed by atoms with van der Waals surface area (Å²) in [4.78, 5) is 32.9. The number of ether oxygens (including phenoxy) is 2. The summed E-state index contributed by atoms with van der Waals surface area (Å²) in [5.41, 5.74) is 1.50. The molecule has 0 spiro atoms. The van der Waals surface area contributed by atoms with Crippen LogP contribution in [0.15, 0.2) is 35.7 Å². The molecule has 0 saturated heterocycles. The maximum atomic E-state index is 12.8. The second kappa shape index (κ2) is 8.72. The van der Waals surface area contributed by atoms with Crippen LogP contribution in [0.2, 0.25) is 0 Å². The third kappa shape index (κ3) is 4.24. The molecule has 1 aliphatic heterocycles. The van der Waals surface area contributed by atoms with Crippen molar-refractivity contribution in [3.05, 3.63) is 51.2 Å². The Labute approximate surface area is 181 Å². The zero-order valence-electron chi connectivity index (χ0n) is 16.4. The summed E-state index contributed by atoms with van der Waals surface area (Å²) < 4.78 is 10.5. The van der Waals surface area contributed by atoms with Crippen molar-refractivity contribution in [2.75, 3.05) is 31.4 Å². The predicted molar refractivity (Wildman–Crippen MR) is 117 cm³/mol. The Bertz CT molecular complexity index is 1060. The summed E-state index contributed by atoms with van der Waals surface area (Å²) in [6, 6.07) is 8.61. The van der Waals surface area contributed by atoms with E-state index >= 15 is 0 Å². The van der Waals surface area contributed by atoms with E-state index in [2.05, 4.69) is 15.6 Å². The summed E-state index contributed by atoms with van der Waals surface area (Å²) in [6.07, 6.45) is 0.633. The standard InChI is InChI=1S/C20H20N4O4S2/c1-27-12-5-6-13(15(10-12)28-2)22-20(26)24-8-7-14-17(11-24)30-19(21-14)23-18(25)16-4-3-9-29-16/h3-6,9-10H,7-8,11H2,1-2H3,(H,22,26)(H,21,23,25). The monoisotopic (exact) mass is 444 g/mol. The number of methoxy groups -OCH3 is 2. The highest BCUT2D eigenvalue weighted by atomic mass is 32.1. The van der Waals surface area contributed by atoms with Crippen molar-refractivity contribution >= 4 is 45.4 Å². The molecule has 8 nitrogen and oxygen atoms in total. The van der Waals surface area contributed by atoms with Crippen LogP contribution in [0.5, 0.6) is 11.5 Å². The fourth-order valence-corrected chi connectivity index (χ4v) is 4.72. The van der Waals surface area contributed by atoms with E-state index in [0.717, 1.165) is 10.6 Å². The number of nitrogens with zero attached hydrogens (tertiary/aromatic N) is 2. The quantitative estimate of drug-likeness (QED) is 0.619. The van der Waals surface area contributed by atoms with Gasteiger partial charge in [0.05, 0.1) is 37.0 Å². The van der Waals surface area contributed by atoms with Crippen LogP contribution in [0.4, 0.5) is 15.6 Å². The molecule has 3 aromatic rings. The zero-order chi connectivity index (χ0) is 21.1. The van der Waals surface area contributed by atoms with Crippen LogP contribution in [0.1, 0.15) is 20.2 Å². The minimum absolute atomic E-state index is 0.169. The van der Waals surface area contributed by atoms with E-state index in [-0.39, 0.29) is 11.9 Å². The number of benzene rings is 1. The third-order valence-corrected chi connectivity index (χ3v) is 6.50. The second-order valence-electron chi connectivity index (χ2n) is 6.49. The highest BCUT2D eigenvalue weighted by Crippen LogP contribution is 2.31. The molecule has 1 aliphatic rings. The van der Waals surface area contributed by atoms with E-state index in [4.69, 9.17) is 9.47 Å². The molecule has 0 bridgehead atoms. The molecule has 10 heteroatoms. The van der Waals surface area contributed by atoms with E-state index in [0.29, 0.717) is 46.7 Å². The van der Waals surface area contributed by atoms with E-state index in [1.807, 2.05) is 11.4 Å². The Balaban J connectivity index is 1.42. The van der Waals surface area contributed by atoms with Gasteiger partial charge < -0.3 is 19.7 Å². The first-order valence-corrected chi connectivity index (χ1v) is 10.9. The average Bonchev–Trinajstić information content (AvgIpc) is 3.43. The molecule has 0 unspecified atom stereocenters. The normalized spacial score (nSPS) is 12.8. The molecule has 0 aliphatic carbocycles. The Hall–Kier alpha value is -3.11. The van der Waals surface area contributed by atoms with Gasteiger partial charge in [0.1, 0.15) is 11.5 Å². The first kappa shape index (κ1) is 20.2. The van der Waals surface area contributed by atoms with Crippen molar-refractivity contribution in [1.82, 2.24) is 9.88 Å². The Morgan fingerprint density at radius 2 is 2.03 bits per heavy atom. The van der Waals surface area contributed by atoms with Gasteiger partial charge in [-0.1, -0.05) is 17.4 Å². The number of thiazole rings is 1. The Morgan fingerprint density at radius 1 is 1.17 bits per heavy atom. The van der Waals surface area contributed by atoms with Gasteiger partial charge in [0.25, 0.3) is 5.91 Å². The van der Waals surface area contributed by atoms with Crippen LogP contribution in [0.3, 0.4) is 0 Å². The molecular formula is C20H20N4O4S2. The number of carbonyl (C=O) groups excluding carboxylic acids is 2. The van der Waals surface area contributed by atoms with E-state index in [1.165, 1.54) is 22.7 Å². The van der Waals surface area contributed by atoms with Crippen molar-refractivity contribution in [3.63, 3.8) is 0 Å². The zero-order valence-corrected chi connectivity index (χ0v) is 18.1. The average molecular weight is 445 g/mol. The minimum atomic E-state index is -0.221. The van der Waals surface area contributed by atoms with Crippen molar-refractivity contribution in [2.24, 2.45) is 0 Å². The molecule has 3 amide bonds. The van der Waals surface area contributed by atoms with Gasteiger partial charge in [-0.05, 0) is 23.6 Å². The third-order valence-electron chi connectivity index (χ3n) is 4.63. The number of urea groups is 1. The van der Waals surface area contributed by atoms with Crippen molar-refractivity contribution in [3.8, 4) is 11.5 Å². The maximum absolute atomic E-state index is 12.8. The highest BCUT2D eigenvalue weighted by Gasteiger charge is 2.25. The number of anilines is 2. The number of hydrogen-bond donors (Lipinski definition) is 2. The van der Waals surface area contributed by atoms with Gasteiger partial charge in [0.2, 0.25) is 0 Å². The molecule has 0 saturated carbocycles. The lowest BCUT2D eigenvalue weighted by atomic mass is 10.2. The second-order valence-corrected chi connectivity index (χ2v) is 8.52. The van der Waals surface area contributed by atoms with E-state index < -0.39 is 0 Å². The SMILES string of the molecule is COc1ccc(NC(=O)N2CCc3nc(NC(=O)c4cccs4)sc3C2)c(OC)c1. The predicted octanol–water partition coefficient (Wildman–Crippen LogP) is 4.06. The number of amides is 3. The van der Waals surface area contributed by atoms with E-state index in [9.17, 15) is 9.59 Å². The molecular weight excluding hydrogens is 424 g/mol. The molecule has 30 heavy (non-hydrogen) atoms. The van der Waals surface area contributed by atoms with Gasteiger partial charge >= 0.3 is 6.03 Å². The molecule has 2 aromatic heterocycles. The summed E-state index contributed by atoms with van der Waals surface area (Å²) in [5, 5.41) is 8.15. The maximum Gasteiger partial charge on any atom is 0.322 e. The first-order valence-electron chi connectivity index (χ1n) is 9.18. The van der Waals surface area contributed by atoms with Gasteiger partial charge in [-0.25, -0.2) is 9.78 Å². The molecule has 2 N–H and O–H groups in total. The lowest BCUT2D eigenvalue weighted by Gasteiger charge is -2.26. The molecule has 0 atom stereocenters. The number of aromatic nitrogens is 1. The highest BCUT2D eigenvalue weighted by molar-refractivity contribution is 7.16. The molecule has 1 aromatic carbocycles. The summed E-state index contributed by atoms with van der Waals surface area (Å²) in [5.74, 6) is 1.00. The van der Waals surface area contributed by atoms with Crippen LogP contribution in [-0.2, 0) is 13.0 Å². The largest absolute Gasteiger partial charge is 0.497 e. The molecule has 3 heterocycles. The van der Waals surface area contributed by atoms with Gasteiger partial charge in [0.15, 0.2) is 5.13 Å². The Kier molecular flexibility index (Phi) is 5.86. The van der Waals surface area contributed by atoms with E-state index in [1.54, 1.807) is 43.4 Å². The van der Waals surface area contributed by atoms with Crippen LogP contribution < -0.4 is 20.1 Å². The fraction of sp³-hybridized carbons (Fsp3) is 0.250. The number of carbonyl (C=O) groups is 2. The molecule has 0 radical (unpaired) electrons. The minimum Gasteiger partial charge on any atom is -0.497 e. The van der Waals surface area contributed by atoms with Gasteiger partial charge in [0, 0.05) is 23.9 Å². The van der Waals surface area contributed by atoms with Gasteiger partial charge in [-0.15, -0.1) is 11.3 Å². The van der Waals surface area contributed by atoms with Crippen molar-refractivity contribution in [1.29, 1.82) is 0 Å². The van der Waals surface area contributed by atoms with Gasteiger partial charge in [-0.3, -0.25) is 10.1 Å². The Morgan fingerprint density at radius 3 is 2.77 bits per heavy atom. The fourth-order valence-electron chi connectivity index (χ4n) is 3.08. The number of thiophene rings is 1. The lowest BCUT2D eigenvalue weighted by molar-refractivity contribution is 0.103. The van der Waals surface area contributed by atoms with Gasteiger partial charge in [-0.2, -0.15) is 0 Å². The molecule has 4 rings (SSSR count). The number of fused-ring (bicyclic) bond motifs is 1. The first-order chi connectivity index (χ1) is 14.6. The number of hydrogen-bond acceptors (Lipinski definition) is 7. The smallest absolute Gasteiger partial charge is 0.322 e. The van der Waals surface area contributed by atoms with Crippen LogP contribution in [0, 0.1) is 0 Å². The summed E-state index contributed by atoms with van der Waals surface area (Å²) in [6.45, 7) is 0.978. The van der Waals surface area contributed by atoms with Crippen LogP contribution in [0.25, 0.3) is 0 Å². The van der Waals surface area contributed by atoms with Crippen LogP contribution >= 0.6 is 22.7 Å². The number of nitrogens with one attached hydrogen (secondary N) is 2. The summed E-state index contributed by atoms with van der Waals surface area (Å²) in [7, 11) is 3.12.